The number of nitriles is 1. The van der Waals surface area contributed by atoms with Gasteiger partial charge in [0.05, 0.1) is 22.3 Å². The molecule has 20 heavy (non-hydrogen) atoms. The molecule has 0 amide bonds. The van der Waals surface area contributed by atoms with Crippen molar-refractivity contribution in [3.63, 3.8) is 0 Å². The van der Waals surface area contributed by atoms with E-state index >= 15 is 0 Å². The van der Waals surface area contributed by atoms with E-state index in [1.54, 1.807) is 0 Å². The first-order valence-corrected chi connectivity index (χ1v) is 7.89. The zero-order valence-electron chi connectivity index (χ0n) is 11.1. The Hall–Kier alpha value is -1.87. The first-order valence-electron chi connectivity index (χ1n) is 6.24. The maximum absolute atomic E-state index is 12.5. The molecule has 0 radical (unpaired) electrons. The molecule has 1 aromatic rings. The van der Waals surface area contributed by atoms with Gasteiger partial charge in [-0.3, -0.25) is 0 Å². The van der Waals surface area contributed by atoms with Crippen LogP contribution >= 0.6 is 0 Å². The maximum Gasteiger partial charge on any atom is 0.335 e. The Bertz CT molecular complexity index is 696. The van der Waals surface area contributed by atoms with Crippen molar-refractivity contribution in [2.45, 2.75) is 31.1 Å². The summed E-state index contributed by atoms with van der Waals surface area (Å²) in [6, 6.07) is 6.29. The van der Waals surface area contributed by atoms with E-state index in [2.05, 4.69) is 0 Å². The van der Waals surface area contributed by atoms with E-state index in [9.17, 15) is 13.2 Å². The first kappa shape index (κ1) is 14.5. The summed E-state index contributed by atoms with van der Waals surface area (Å²) in [5.41, 5.74) is -0.178. The largest absolute Gasteiger partial charge is 0.478 e. The van der Waals surface area contributed by atoms with Crippen molar-refractivity contribution in [3.8, 4) is 6.07 Å². The topological polar surface area (TPSA) is 95.2 Å². The van der Waals surface area contributed by atoms with Gasteiger partial charge in [0, 0.05) is 6.42 Å². The molecular formula is C14H15NO4S. The Morgan fingerprint density at radius 2 is 2.10 bits per heavy atom. The highest BCUT2D eigenvalue weighted by Crippen LogP contribution is 2.50. The number of hydrogen-bond acceptors (Lipinski definition) is 4. The third kappa shape index (κ3) is 2.68. The van der Waals surface area contributed by atoms with Crippen molar-refractivity contribution in [2.75, 3.05) is 5.75 Å². The van der Waals surface area contributed by atoms with E-state index in [1.165, 1.54) is 25.1 Å². The van der Waals surface area contributed by atoms with E-state index in [4.69, 9.17) is 10.4 Å². The van der Waals surface area contributed by atoms with Crippen molar-refractivity contribution in [2.24, 2.45) is 5.41 Å². The zero-order valence-corrected chi connectivity index (χ0v) is 11.9. The number of sulfone groups is 1. The highest BCUT2D eigenvalue weighted by atomic mass is 32.2. The van der Waals surface area contributed by atoms with E-state index in [0.29, 0.717) is 0 Å². The second-order valence-electron chi connectivity index (χ2n) is 5.33. The van der Waals surface area contributed by atoms with Crippen LogP contribution in [0.5, 0.6) is 0 Å². The van der Waals surface area contributed by atoms with Gasteiger partial charge < -0.3 is 5.11 Å². The summed E-state index contributed by atoms with van der Waals surface area (Å²) >= 11 is 0. The van der Waals surface area contributed by atoms with Gasteiger partial charge >= 0.3 is 5.97 Å². The average Bonchev–Trinajstić information content (AvgIpc) is 3.07. The Morgan fingerprint density at radius 1 is 1.45 bits per heavy atom. The average molecular weight is 293 g/mol. The molecule has 0 spiro atoms. The minimum atomic E-state index is -3.58. The standard InChI is InChI=1S/C14H15NO4S/c1-10-11(13(16)17)3-2-4-12(10)20(18,19)9-14(5-6-14)7-8-15/h2-4H,5-7,9H2,1H3,(H,16,17). The van der Waals surface area contributed by atoms with Crippen LogP contribution in [0, 0.1) is 23.7 Å². The van der Waals surface area contributed by atoms with Crippen molar-refractivity contribution in [1.82, 2.24) is 0 Å². The van der Waals surface area contributed by atoms with Gasteiger partial charge in [0.2, 0.25) is 0 Å². The molecule has 0 unspecified atom stereocenters. The minimum absolute atomic E-state index is 0.00351. The Morgan fingerprint density at radius 3 is 2.60 bits per heavy atom. The van der Waals surface area contributed by atoms with Crippen LogP contribution in [-0.2, 0) is 9.84 Å². The molecule has 1 fully saturated rings. The number of aromatic carboxylic acids is 1. The monoisotopic (exact) mass is 293 g/mol. The normalized spacial score (nSPS) is 16.4. The molecule has 106 valence electrons. The molecule has 6 heteroatoms. The van der Waals surface area contributed by atoms with Gasteiger partial charge in [-0.1, -0.05) is 6.07 Å². The number of carbonyl (C=O) groups is 1. The number of benzene rings is 1. The lowest BCUT2D eigenvalue weighted by Gasteiger charge is -2.14. The molecule has 2 rings (SSSR count). The van der Waals surface area contributed by atoms with Crippen molar-refractivity contribution in [3.05, 3.63) is 29.3 Å². The highest BCUT2D eigenvalue weighted by Gasteiger charge is 2.46. The van der Waals surface area contributed by atoms with E-state index in [-0.39, 0.29) is 28.2 Å². The molecule has 0 aromatic heterocycles. The molecule has 1 aliphatic carbocycles. The molecule has 0 saturated heterocycles. The third-order valence-corrected chi connectivity index (χ3v) is 5.86. The quantitative estimate of drug-likeness (QED) is 0.897. The molecule has 0 bridgehead atoms. The molecule has 0 heterocycles. The van der Waals surface area contributed by atoms with Crippen LogP contribution in [0.15, 0.2) is 23.1 Å². The van der Waals surface area contributed by atoms with Crippen molar-refractivity contribution >= 4 is 15.8 Å². The summed E-state index contributed by atoms with van der Waals surface area (Å²) in [5, 5.41) is 17.8. The van der Waals surface area contributed by atoms with Crippen molar-refractivity contribution < 1.29 is 18.3 Å². The fourth-order valence-electron chi connectivity index (χ4n) is 2.38. The van der Waals surface area contributed by atoms with E-state index < -0.39 is 21.2 Å². The Kier molecular flexibility index (Phi) is 3.57. The molecule has 5 nitrogen and oxygen atoms in total. The molecule has 0 aliphatic heterocycles. The molecule has 1 aliphatic rings. The number of rotatable bonds is 5. The number of carboxylic acid groups (broad SMARTS) is 1. The highest BCUT2D eigenvalue weighted by molar-refractivity contribution is 7.91. The maximum atomic E-state index is 12.5. The van der Waals surface area contributed by atoms with Crippen LogP contribution < -0.4 is 0 Å². The summed E-state index contributed by atoms with van der Waals surface area (Å²) in [6.07, 6.45) is 1.69. The molecular weight excluding hydrogens is 278 g/mol. The van der Waals surface area contributed by atoms with Crippen LogP contribution in [0.3, 0.4) is 0 Å². The summed E-state index contributed by atoms with van der Waals surface area (Å²) in [7, 11) is -3.58. The van der Waals surface area contributed by atoms with Gasteiger partial charge in [0.1, 0.15) is 0 Å². The summed E-state index contributed by atoms with van der Waals surface area (Å²) in [6.45, 7) is 1.50. The smallest absolute Gasteiger partial charge is 0.335 e. The van der Waals surface area contributed by atoms with Gasteiger partial charge in [0.15, 0.2) is 9.84 Å². The summed E-state index contributed by atoms with van der Waals surface area (Å²) in [5.74, 6) is -1.23. The number of carboxylic acids is 1. The summed E-state index contributed by atoms with van der Waals surface area (Å²) in [4.78, 5) is 11.1. The second kappa shape index (κ2) is 4.91. The SMILES string of the molecule is Cc1c(C(=O)O)cccc1S(=O)(=O)CC1(CC#N)CC1. The molecule has 1 aromatic carbocycles. The Balaban J connectivity index is 2.39. The number of nitrogens with zero attached hydrogens (tertiary/aromatic N) is 1. The second-order valence-corrected chi connectivity index (χ2v) is 7.29. The van der Waals surface area contributed by atoms with E-state index in [0.717, 1.165) is 12.8 Å². The van der Waals surface area contributed by atoms with Gasteiger partial charge in [-0.15, -0.1) is 0 Å². The lowest BCUT2D eigenvalue weighted by molar-refractivity contribution is 0.0696. The first-order chi connectivity index (χ1) is 9.31. The predicted molar refractivity (Wildman–Crippen MR) is 72.1 cm³/mol. The minimum Gasteiger partial charge on any atom is -0.478 e. The predicted octanol–water partition coefficient (Wildman–Crippen LogP) is 2.16. The third-order valence-electron chi connectivity index (χ3n) is 3.76. The fraction of sp³-hybridized carbons (Fsp3) is 0.429. The van der Waals surface area contributed by atoms with Gasteiger partial charge in [-0.25, -0.2) is 13.2 Å². The van der Waals surface area contributed by atoms with Crippen LogP contribution in [0.4, 0.5) is 0 Å². The fourth-order valence-corrected chi connectivity index (χ4v) is 4.60. The van der Waals surface area contributed by atoms with Gasteiger partial charge in [0.25, 0.3) is 0 Å². The van der Waals surface area contributed by atoms with E-state index in [1.807, 2.05) is 6.07 Å². The lowest BCUT2D eigenvalue weighted by atomic mass is 10.1. The molecule has 1 N–H and O–H groups in total. The lowest BCUT2D eigenvalue weighted by Crippen LogP contribution is -2.19. The number of hydrogen-bond donors (Lipinski definition) is 1. The van der Waals surface area contributed by atoms with Crippen LogP contribution in [0.1, 0.15) is 35.2 Å². The molecule has 0 atom stereocenters. The zero-order chi connectivity index (χ0) is 15.0. The van der Waals surface area contributed by atoms with Crippen molar-refractivity contribution in [1.29, 1.82) is 5.26 Å². The van der Waals surface area contributed by atoms with Gasteiger partial charge in [-0.05, 0) is 42.9 Å². The Labute approximate surface area is 117 Å². The van der Waals surface area contributed by atoms with Crippen LogP contribution in [0.25, 0.3) is 0 Å². The molecule has 1 saturated carbocycles. The van der Waals surface area contributed by atoms with Crippen LogP contribution in [-0.4, -0.2) is 25.2 Å². The van der Waals surface area contributed by atoms with Gasteiger partial charge in [-0.2, -0.15) is 5.26 Å². The van der Waals surface area contributed by atoms with Crippen LogP contribution in [0.2, 0.25) is 0 Å². The summed E-state index contributed by atoms with van der Waals surface area (Å²) < 4.78 is 24.9.